The molecule has 1 fully saturated rings. The van der Waals surface area contributed by atoms with Crippen LogP contribution in [0.3, 0.4) is 0 Å². The molecule has 4 rings (SSSR count). The van der Waals surface area contributed by atoms with Crippen molar-refractivity contribution in [2.75, 3.05) is 24.2 Å². The lowest BCUT2D eigenvalue weighted by Gasteiger charge is -2.33. The van der Waals surface area contributed by atoms with E-state index >= 15 is 0 Å². The minimum atomic E-state index is -0.0486. The van der Waals surface area contributed by atoms with E-state index in [1.54, 1.807) is 18.1 Å². The van der Waals surface area contributed by atoms with E-state index in [1.807, 2.05) is 13.8 Å². The summed E-state index contributed by atoms with van der Waals surface area (Å²) in [6, 6.07) is 8.32. The Morgan fingerprint density at radius 2 is 2.07 bits per heavy atom. The lowest BCUT2D eigenvalue weighted by molar-refractivity contribution is -0.125. The Morgan fingerprint density at radius 1 is 1.28 bits per heavy atom. The normalized spacial score (nSPS) is 16.9. The summed E-state index contributed by atoms with van der Waals surface area (Å²) in [6.07, 6.45) is 5.46. The van der Waals surface area contributed by atoms with Crippen molar-refractivity contribution in [2.24, 2.45) is 5.92 Å². The van der Waals surface area contributed by atoms with E-state index in [4.69, 9.17) is 4.42 Å². The number of aryl methyl sites for hydroxylation is 2. The molecule has 1 aliphatic heterocycles. The number of aromatic nitrogens is 2. The zero-order valence-electron chi connectivity index (χ0n) is 17.1. The minimum Gasteiger partial charge on any atom is -0.443 e. The fourth-order valence-corrected chi connectivity index (χ4v) is 4.27. The third-order valence-electron chi connectivity index (χ3n) is 5.66. The van der Waals surface area contributed by atoms with Crippen LogP contribution in [0.15, 0.2) is 39.9 Å². The zero-order valence-corrected chi connectivity index (χ0v) is 17.9. The average Bonchev–Trinajstić information content (AvgIpc) is 3.06. The number of nitrogens with one attached hydrogen (secondary N) is 1. The molecule has 6 nitrogen and oxygen atoms in total. The molecule has 3 aromatic rings. The number of hydrogen-bond donors (Lipinski definition) is 1. The van der Waals surface area contributed by atoms with Gasteiger partial charge in [0.15, 0.2) is 0 Å². The van der Waals surface area contributed by atoms with E-state index in [1.165, 1.54) is 4.90 Å². The molecule has 0 bridgehead atoms. The molecule has 3 heterocycles. The van der Waals surface area contributed by atoms with Gasteiger partial charge in [0.05, 0.1) is 11.3 Å². The predicted octanol–water partition coefficient (Wildman–Crippen LogP) is 4.09. The van der Waals surface area contributed by atoms with Gasteiger partial charge in [-0.1, -0.05) is 12.1 Å². The predicted molar refractivity (Wildman–Crippen MR) is 116 cm³/mol. The largest absolute Gasteiger partial charge is 0.443 e. The van der Waals surface area contributed by atoms with Gasteiger partial charge in [0.25, 0.3) is 0 Å². The van der Waals surface area contributed by atoms with E-state index in [0.717, 1.165) is 47.5 Å². The Morgan fingerprint density at radius 3 is 2.83 bits per heavy atom. The van der Waals surface area contributed by atoms with Gasteiger partial charge in [-0.05, 0) is 50.6 Å². The highest BCUT2D eigenvalue weighted by Gasteiger charge is 2.28. The smallest absolute Gasteiger partial charge is 0.231 e. The van der Waals surface area contributed by atoms with Gasteiger partial charge in [-0.2, -0.15) is 0 Å². The van der Waals surface area contributed by atoms with Crippen LogP contribution >= 0.6 is 11.8 Å². The lowest BCUT2D eigenvalue weighted by atomic mass is 9.96. The summed E-state index contributed by atoms with van der Waals surface area (Å²) >= 11 is 1.72. The molecule has 152 valence electrons. The van der Waals surface area contributed by atoms with Gasteiger partial charge in [0, 0.05) is 30.1 Å². The number of piperidine rings is 1. The van der Waals surface area contributed by atoms with Gasteiger partial charge in [-0.15, -0.1) is 11.8 Å². The second kappa shape index (κ2) is 8.45. The van der Waals surface area contributed by atoms with Gasteiger partial charge < -0.3 is 14.6 Å². The number of thioether (sulfide) groups is 1. The van der Waals surface area contributed by atoms with E-state index < -0.39 is 0 Å². The highest BCUT2D eigenvalue weighted by atomic mass is 32.2. The van der Waals surface area contributed by atoms with Crippen LogP contribution in [-0.4, -0.2) is 35.2 Å². The quantitative estimate of drug-likeness (QED) is 0.639. The summed E-state index contributed by atoms with van der Waals surface area (Å²) in [7, 11) is 0. The molecule has 0 unspecified atom stereocenters. The first-order chi connectivity index (χ1) is 14.1. The number of hydrogen-bond acceptors (Lipinski definition) is 6. The van der Waals surface area contributed by atoms with Gasteiger partial charge >= 0.3 is 0 Å². The van der Waals surface area contributed by atoms with Crippen LogP contribution in [0.2, 0.25) is 0 Å². The molecular weight excluding hydrogens is 384 g/mol. The molecule has 1 N–H and O–H groups in total. The maximum absolute atomic E-state index is 12.8. The number of benzene rings is 1. The third kappa shape index (κ3) is 4.10. The van der Waals surface area contributed by atoms with Crippen LogP contribution in [0.4, 0.5) is 5.82 Å². The van der Waals surface area contributed by atoms with Crippen molar-refractivity contribution < 1.29 is 9.21 Å². The van der Waals surface area contributed by atoms with E-state index in [2.05, 4.69) is 50.7 Å². The summed E-state index contributed by atoms with van der Waals surface area (Å²) in [5.74, 6) is 1.79. The Balaban J connectivity index is 1.45. The number of nitrogens with zero attached hydrogens (tertiary/aromatic N) is 3. The number of fused-ring (bicyclic) bond motifs is 1. The van der Waals surface area contributed by atoms with Crippen LogP contribution in [0.25, 0.3) is 11.1 Å². The van der Waals surface area contributed by atoms with Crippen molar-refractivity contribution in [2.45, 2.75) is 38.1 Å². The van der Waals surface area contributed by atoms with Crippen molar-refractivity contribution in [1.29, 1.82) is 0 Å². The zero-order chi connectivity index (χ0) is 20.4. The summed E-state index contributed by atoms with van der Waals surface area (Å²) in [6.45, 7) is 6.08. The van der Waals surface area contributed by atoms with E-state index in [0.29, 0.717) is 18.8 Å². The number of amides is 1. The van der Waals surface area contributed by atoms with E-state index in [-0.39, 0.29) is 11.8 Å². The molecule has 7 heteroatoms. The van der Waals surface area contributed by atoms with Crippen LogP contribution in [-0.2, 0) is 11.3 Å². The van der Waals surface area contributed by atoms with Gasteiger partial charge in [-0.25, -0.2) is 9.97 Å². The number of anilines is 1. The number of carbonyl (C=O) groups excluding carboxylic acids is 1. The first-order valence-electron chi connectivity index (χ1n) is 9.93. The summed E-state index contributed by atoms with van der Waals surface area (Å²) in [5, 5.41) is 4.07. The fraction of sp³-hybridized carbons (Fsp3) is 0.409. The van der Waals surface area contributed by atoms with Crippen LogP contribution in [0, 0.1) is 19.8 Å². The number of furan rings is 1. The fourth-order valence-electron chi connectivity index (χ4n) is 3.86. The Hall–Kier alpha value is -2.54. The standard InChI is InChI=1S/C22H26N4O2S/c1-14-15(2)28-22-19(14)20(24-13-25-22)26-10-4-5-17(12-26)21(27)23-11-16-6-8-18(29-3)9-7-16/h6-9,13,17H,4-5,10-12H2,1-3H3,(H,23,27)/t17-/m1/s1. The highest BCUT2D eigenvalue weighted by molar-refractivity contribution is 7.98. The van der Waals surface area contributed by atoms with Crippen molar-refractivity contribution in [3.05, 3.63) is 47.5 Å². The molecule has 1 aliphatic rings. The molecule has 1 saturated heterocycles. The first-order valence-corrected chi connectivity index (χ1v) is 11.2. The Kier molecular flexibility index (Phi) is 5.76. The SMILES string of the molecule is CSc1ccc(CNC(=O)[C@@H]2CCCN(c3ncnc4oc(C)c(C)c34)C2)cc1. The molecule has 0 spiro atoms. The van der Waals surface area contributed by atoms with Crippen molar-refractivity contribution in [3.63, 3.8) is 0 Å². The van der Waals surface area contributed by atoms with Gasteiger partial charge in [0.2, 0.25) is 11.6 Å². The van der Waals surface area contributed by atoms with Crippen molar-refractivity contribution >= 4 is 34.6 Å². The van der Waals surface area contributed by atoms with Gasteiger partial charge in [0.1, 0.15) is 17.9 Å². The number of rotatable bonds is 5. The monoisotopic (exact) mass is 410 g/mol. The summed E-state index contributed by atoms with van der Waals surface area (Å²) < 4.78 is 5.75. The average molecular weight is 411 g/mol. The van der Waals surface area contributed by atoms with Gasteiger partial charge in [-0.3, -0.25) is 4.79 Å². The highest BCUT2D eigenvalue weighted by Crippen LogP contribution is 2.32. The van der Waals surface area contributed by atoms with Crippen molar-refractivity contribution in [1.82, 2.24) is 15.3 Å². The topological polar surface area (TPSA) is 71.3 Å². The third-order valence-corrected chi connectivity index (χ3v) is 6.41. The van der Waals surface area contributed by atoms with Crippen LogP contribution < -0.4 is 10.2 Å². The van der Waals surface area contributed by atoms with E-state index in [9.17, 15) is 4.79 Å². The number of carbonyl (C=O) groups is 1. The first kappa shape index (κ1) is 19.8. The lowest BCUT2D eigenvalue weighted by Crippen LogP contribution is -2.43. The minimum absolute atomic E-state index is 0.0486. The summed E-state index contributed by atoms with van der Waals surface area (Å²) in [5.41, 5.74) is 2.80. The molecule has 1 aromatic carbocycles. The van der Waals surface area contributed by atoms with Crippen LogP contribution in [0.1, 0.15) is 29.7 Å². The Labute approximate surface area is 175 Å². The van der Waals surface area contributed by atoms with Crippen molar-refractivity contribution in [3.8, 4) is 0 Å². The molecule has 0 radical (unpaired) electrons. The molecule has 0 saturated carbocycles. The van der Waals surface area contributed by atoms with Crippen LogP contribution in [0.5, 0.6) is 0 Å². The molecule has 0 aliphatic carbocycles. The molecular formula is C22H26N4O2S. The Bertz CT molecular complexity index is 1020. The second-order valence-corrected chi connectivity index (χ2v) is 8.39. The second-order valence-electron chi connectivity index (χ2n) is 7.51. The molecule has 1 amide bonds. The molecule has 29 heavy (non-hydrogen) atoms. The maximum Gasteiger partial charge on any atom is 0.231 e. The molecule has 1 atom stereocenters. The maximum atomic E-state index is 12.8. The molecule has 2 aromatic heterocycles. The summed E-state index contributed by atoms with van der Waals surface area (Å²) in [4.78, 5) is 25.0.